The third-order valence-electron chi connectivity index (χ3n) is 7.05. The predicted octanol–water partition coefficient (Wildman–Crippen LogP) is 6.35. The standard InChI is InChI=1S/C29H28F4IN3O4/c30-26(31)29(32,33)41-23-8-4-7-20(15-23)28(16-18-5-2-1-3-6-18,24-14-11-21(34)17-35-24)37-27(40)36-22-12-9-19(10-13-22)25(38)39/h1-8,11,14-15,17,19,22,26H,9-10,12-13,16H2,(H,38,39)(H2,36,37,40)/t19-,22+,28-/m0/s1. The van der Waals surface area contributed by atoms with Gasteiger partial charge >= 0.3 is 24.5 Å². The zero-order chi connectivity index (χ0) is 29.6. The summed E-state index contributed by atoms with van der Waals surface area (Å²) in [6.07, 6.45) is -5.24. The number of amides is 2. The van der Waals surface area contributed by atoms with Crippen LogP contribution in [-0.4, -0.2) is 40.7 Å². The van der Waals surface area contributed by atoms with Crippen molar-refractivity contribution in [2.75, 3.05) is 0 Å². The Morgan fingerprint density at radius 2 is 1.73 bits per heavy atom. The van der Waals surface area contributed by atoms with Crippen LogP contribution in [0.5, 0.6) is 5.75 Å². The molecule has 12 heteroatoms. The second kappa shape index (κ2) is 13.0. The number of aromatic nitrogens is 1. The number of benzene rings is 2. The van der Waals surface area contributed by atoms with Gasteiger partial charge in [-0.25, -0.2) is 4.79 Å². The smallest absolute Gasteiger partial charge is 0.461 e. The van der Waals surface area contributed by atoms with Crippen LogP contribution in [0.25, 0.3) is 0 Å². The topological polar surface area (TPSA) is 101 Å². The number of nitrogens with one attached hydrogen (secondary N) is 2. The van der Waals surface area contributed by atoms with Gasteiger partial charge in [-0.15, -0.1) is 0 Å². The van der Waals surface area contributed by atoms with Gasteiger partial charge in [0.1, 0.15) is 11.3 Å². The van der Waals surface area contributed by atoms with Gasteiger partial charge in [-0.3, -0.25) is 9.78 Å². The number of carbonyl (C=O) groups is 2. The van der Waals surface area contributed by atoms with E-state index in [-0.39, 0.29) is 18.0 Å². The van der Waals surface area contributed by atoms with E-state index in [1.807, 2.05) is 30.3 Å². The third-order valence-corrected chi connectivity index (χ3v) is 7.69. The second-order valence-electron chi connectivity index (χ2n) is 9.91. The Morgan fingerprint density at radius 1 is 1.02 bits per heavy atom. The average molecular weight is 685 g/mol. The fourth-order valence-electron chi connectivity index (χ4n) is 4.98. The molecule has 2 amide bonds. The molecule has 0 spiro atoms. The summed E-state index contributed by atoms with van der Waals surface area (Å²) >= 11 is 2.08. The van der Waals surface area contributed by atoms with Crippen LogP contribution in [0.1, 0.15) is 42.5 Å². The van der Waals surface area contributed by atoms with E-state index in [1.165, 1.54) is 12.1 Å². The van der Waals surface area contributed by atoms with Gasteiger partial charge in [-0.1, -0.05) is 42.5 Å². The van der Waals surface area contributed by atoms with Crippen molar-refractivity contribution in [1.29, 1.82) is 0 Å². The Labute approximate surface area is 247 Å². The summed E-state index contributed by atoms with van der Waals surface area (Å²) in [7, 11) is 0. The summed E-state index contributed by atoms with van der Waals surface area (Å²) < 4.78 is 58.6. The molecular formula is C29H28F4IN3O4. The molecule has 4 rings (SSSR count). The average Bonchev–Trinajstić information content (AvgIpc) is 2.93. The van der Waals surface area contributed by atoms with Crippen molar-refractivity contribution in [3.63, 3.8) is 0 Å². The molecule has 1 aromatic heterocycles. The van der Waals surface area contributed by atoms with Gasteiger partial charge in [-0.2, -0.15) is 17.6 Å². The largest absolute Gasteiger partial charge is 0.481 e. The quantitative estimate of drug-likeness (QED) is 0.171. The molecule has 3 N–H and O–H groups in total. The van der Waals surface area contributed by atoms with Gasteiger partial charge in [0, 0.05) is 22.2 Å². The number of carboxylic acids is 1. The number of alkyl halides is 4. The van der Waals surface area contributed by atoms with Crippen LogP contribution in [0.2, 0.25) is 0 Å². The minimum Gasteiger partial charge on any atom is -0.481 e. The van der Waals surface area contributed by atoms with Gasteiger partial charge in [0.05, 0.1) is 11.6 Å². The minimum atomic E-state index is -4.72. The van der Waals surface area contributed by atoms with Crippen molar-refractivity contribution in [3.8, 4) is 5.75 Å². The van der Waals surface area contributed by atoms with E-state index < -0.39 is 41.7 Å². The highest BCUT2D eigenvalue weighted by atomic mass is 127. The lowest BCUT2D eigenvalue weighted by molar-refractivity contribution is -0.253. The van der Waals surface area contributed by atoms with E-state index in [0.29, 0.717) is 31.4 Å². The number of ether oxygens (including phenoxy) is 1. The van der Waals surface area contributed by atoms with E-state index >= 15 is 0 Å². The van der Waals surface area contributed by atoms with Crippen LogP contribution >= 0.6 is 22.6 Å². The molecule has 7 nitrogen and oxygen atoms in total. The Hall–Kier alpha value is -3.42. The number of hydrogen-bond acceptors (Lipinski definition) is 4. The molecule has 0 bridgehead atoms. The van der Waals surface area contributed by atoms with Crippen LogP contribution in [0.4, 0.5) is 22.4 Å². The van der Waals surface area contributed by atoms with Crippen molar-refractivity contribution in [3.05, 3.63) is 93.3 Å². The normalized spacial score (nSPS) is 18.8. The van der Waals surface area contributed by atoms with E-state index in [9.17, 15) is 32.3 Å². The number of aliphatic carboxylic acids is 1. The van der Waals surface area contributed by atoms with Gasteiger partial charge in [-0.05, 0) is 83.7 Å². The summed E-state index contributed by atoms with van der Waals surface area (Å²) in [6.45, 7) is 0. The zero-order valence-electron chi connectivity index (χ0n) is 21.7. The van der Waals surface area contributed by atoms with Crippen LogP contribution in [0.15, 0.2) is 72.9 Å². The van der Waals surface area contributed by atoms with Gasteiger partial charge < -0.3 is 20.5 Å². The number of rotatable bonds is 10. The van der Waals surface area contributed by atoms with Crippen molar-refractivity contribution >= 4 is 34.6 Å². The van der Waals surface area contributed by atoms with Crippen LogP contribution in [-0.2, 0) is 16.8 Å². The number of pyridine rings is 1. The van der Waals surface area contributed by atoms with Gasteiger partial charge in [0.25, 0.3) is 0 Å². The molecule has 218 valence electrons. The maximum Gasteiger partial charge on any atom is 0.461 e. The molecule has 1 fully saturated rings. The lowest BCUT2D eigenvalue weighted by Crippen LogP contribution is -2.54. The number of carbonyl (C=O) groups excluding carboxylic acids is 1. The number of nitrogens with zero attached hydrogens (tertiary/aromatic N) is 1. The van der Waals surface area contributed by atoms with Crippen molar-refractivity contribution in [2.24, 2.45) is 5.92 Å². The number of urea groups is 1. The van der Waals surface area contributed by atoms with Gasteiger partial charge in [0.2, 0.25) is 0 Å². The van der Waals surface area contributed by atoms with Crippen LogP contribution in [0.3, 0.4) is 0 Å². The second-order valence-corrected chi connectivity index (χ2v) is 11.2. The molecule has 1 heterocycles. The Bertz CT molecular complexity index is 1340. The molecule has 1 saturated carbocycles. The molecule has 1 aliphatic rings. The van der Waals surface area contributed by atoms with Crippen molar-refractivity contribution in [2.45, 2.75) is 56.2 Å². The maximum atomic E-state index is 13.8. The maximum absolute atomic E-state index is 13.8. The highest BCUT2D eigenvalue weighted by Crippen LogP contribution is 2.36. The van der Waals surface area contributed by atoms with E-state index in [0.717, 1.165) is 15.2 Å². The first-order valence-electron chi connectivity index (χ1n) is 12.9. The summed E-state index contributed by atoms with van der Waals surface area (Å²) in [5.41, 5.74) is -0.000877. The molecule has 0 aliphatic heterocycles. The molecule has 41 heavy (non-hydrogen) atoms. The van der Waals surface area contributed by atoms with Crippen LogP contribution in [0, 0.1) is 9.49 Å². The highest BCUT2D eigenvalue weighted by Gasteiger charge is 2.45. The highest BCUT2D eigenvalue weighted by molar-refractivity contribution is 14.1. The molecule has 2 aromatic carbocycles. The first-order chi connectivity index (χ1) is 19.5. The van der Waals surface area contributed by atoms with Crippen molar-refractivity contribution < 1.29 is 37.0 Å². The van der Waals surface area contributed by atoms with Crippen LogP contribution < -0.4 is 15.4 Å². The minimum absolute atomic E-state index is 0.134. The fraction of sp³-hybridized carbons (Fsp3) is 0.345. The summed E-state index contributed by atoms with van der Waals surface area (Å²) in [6, 6.07) is 17.0. The molecular weight excluding hydrogens is 657 g/mol. The predicted molar refractivity (Wildman–Crippen MR) is 151 cm³/mol. The number of halogens is 5. The molecule has 1 atom stereocenters. The summed E-state index contributed by atoms with van der Waals surface area (Å²) in [5, 5.41) is 15.2. The summed E-state index contributed by atoms with van der Waals surface area (Å²) in [5.74, 6) is -1.83. The Kier molecular flexibility index (Phi) is 9.72. The summed E-state index contributed by atoms with van der Waals surface area (Å²) in [4.78, 5) is 29.4. The molecule has 0 radical (unpaired) electrons. The van der Waals surface area contributed by atoms with Gasteiger partial charge in [0.15, 0.2) is 0 Å². The van der Waals surface area contributed by atoms with E-state index in [4.69, 9.17) is 0 Å². The third kappa shape index (κ3) is 7.66. The first kappa shape index (κ1) is 30.5. The monoisotopic (exact) mass is 685 g/mol. The molecule has 3 aromatic rings. The first-order valence-corrected chi connectivity index (χ1v) is 14.0. The molecule has 0 saturated heterocycles. The van der Waals surface area contributed by atoms with E-state index in [2.05, 4.69) is 42.9 Å². The number of carboxylic acid groups (broad SMARTS) is 1. The number of hydrogen-bond donors (Lipinski definition) is 3. The molecule has 1 aliphatic carbocycles. The SMILES string of the molecule is O=C(N[C@@](Cc1ccccc1)(c1cccc(OC(F)(F)C(F)F)c1)c1ccc(I)cn1)N[C@H]1CC[C@@H](C(=O)O)CC1. The zero-order valence-corrected chi connectivity index (χ0v) is 23.9. The fourth-order valence-corrected chi connectivity index (χ4v) is 5.30. The Balaban J connectivity index is 1.74. The molecule has 0 unspecified atom stereocenters. The van der Waals surface area contributed by atoms with Crippen molar-refractivity contribution in [1.82, 2.24) is 15.6 Å². The van der Waals surface area contributed by atoms with E-state index in [1.54, 1.807) is 24.4 Å². The lowest BCUT2D eigenvalue weighted by atomic mass is 9.80. The Morgan fingerprint density at radius 3 is 2.34 bits per heavy atom. The lowest BCUT2D eigenvalue weighted by Gasteiger charge is -2.37.